The zero-order valence-electron chi connectivity index (χ0n) is 15.9. The first-order valence-electron chi connectivity index (χ1n) is 9.64. The molecule has 0 spiro atoms. The Hall–Kier alpha value is -2.78. The van der Waals surface area contributed by atoms with E-state index in [1.165, 1.54) is 12.1 Å². The Bertz CT molecular complexity index is 1170. The summed E-state index contributed by atoms with van der Waals surface area (Å²) >= 11 is 6.19. The molecule has 2 aliphatic rings. The van der Waals surface area contributed by atoms with Crippen molar-refractivity contribution in [1.29, 1.82) is 0 Å². The summed E-state index contributed by atoms with van der Waals surface area (Å²) in [6.45, 7) is 0. The molecule has 31 heavy (non-hydrogen) atoms. The van der Waals surface area contributed by atoms with E-state index >= 15 is 0 Å². The standard InChI is InChI=1S/C21H17ClF3N3O3/c22-12-5-16(17-8-26-10-28(17)9-12)20(30)6-14-15(7-20)18(14)27-19(29)11-2-1-3-13(4-11)31-21(23,24)25/h1-5,8-10,14-15,18,30H,6-7H2,(H,27,29)/t14-,15+,18?,20?. The van der Waals surface area contributed by atoms with Gasteiger partial charge in [-0.05, 0) is 48.9 Å². The first-order chi connectivity index (χ1) is 14.6. The molecule has 4 atom stereocenters. The maximum Gasteiger partial charge on any atom is 0.573 e. The molecule has 2 heterocycles. The SMILES string of the molecule is O=C(NC1[C@H]2CC(O)(c3cc(Cl)cn4cncc34)C[C@@H]12)c1cccc(OC(F)(F)F)c1. The summed E-state index contributed by atoms with van der Waals surface area (Å²) in [6, 6.07) is 6.55. The molecule has 0 bridgehead atoms. The van der Waals surface area contributed by atoms with Crippen molar-refractivity contribution in [3.8, 4) is 5.75 Å². The average Bonchev–Trinajstić information content (AvgIpc) is 3.04. The van der Waals surface area contributed by atoms with Crippen LogP contribution in [0.1, 0.15) is 28.8 Å². The van der Waals surface area contributed by atoms with Crippen molar-refractivity contribution in [2.75, 3.05) is 0 Å². The number of carbonyl (C=O) groups is 1. The van der Waals surface area contributed by atoms with Crippen molar-refractivity contribution < 1.29 is 27.8 Å². The van der Waals surface area contributed by atoms with Gasteiger partial charge in [-0.2, -0.15) is 0 Å². The molecule has 1 aromatic carbocycles. The van der Waals surface area contributed by atoms with Gasteiger partial charge in [0.1, 0.15) is 5.75 Å². The minimum Gasteiger partial charge on any atom is -0.406 e. The van der Waals surface area contributed by atoms with Crippen LogP contribution in [0.2, 0.25) is 5.02 Å². The lowest BCUT2D eigenvalue weighted by Gasteiger charge is -2.27. The molecule has 2 saturated carbocycles. The van der Waals surface area contributed by atoms with E-state index in [0.29, 0.717) is 23.4 Å². The van der Waals surface area contributed by atoms with Crippen LogP contribution in [0, 0.1) is 11.8 Å². The summed E-state index contributed by atoms with van der Waals surface area (Å²) in [5.41, 5.74) is 0.475. The molecule has 0 aliphatic heterocycles. The molecule has 2 fully saturated rings. The number of nitrogens with zero attached hydrogens (tertiary/aromatic N) is 2. The largest absolute Gasteiger partial charge is 0.573 e. The topological polar surface area (TPSA) is 75.9 Å². The first kappa shape index (κ1) is 20.1. The van der Waals surface area contributed by atoms with E-state index in [-0.39, 0.29) is 23.4 Å². The third kappa shape index (κ3) is 3.72. The van der Waals surface area contributed by atoms with Gasteiger partial charge in [-0.3, -0.25) is 4.79 Å². The van der Waals surface area contributed by atoms with E-state index in [1.807, 2.05) is 0 Å². The van der Waals surface area contributed by atoms with Gasteiger partial charge in [-0.15, -0.1) is 13.2 Å². The van der Waals surface area contributed by atoms with E-state index in [4.69, 9.17) is 11.6 Å². The third-order valence-electron chi connectivity index (χ3n) is 6.09. The van der Waals surface area contributed by atoms with Crippen molar-refractivity contribution in [3.05, 3.63) is 65.2 Å². The predicted molar refractivity (Wildman–Crippen MR) is 105 cm³/mol. The highest BCUT2D eigenvalue weighted by molar-refractivity contribution is 6.30. The summed E-state index contributed by atoms with van der Waals surface area (Å²) in [4.78, 5) is 16.6. The first-order valence-corrected chi connectivity index (χ1v) is 10.0. The summed E-state index contributed by atoms with van der Waals surface area (Å²) < 4.78 is 42.8. The van der Waals surface area contributed by atoms with Gasteiger partial charge in [-0.1, -0.05) is 17.7 Å². The van der Waals surface area contributed by atoms with Crippen LogP contribution >= 0.6 is 11.6 Å². The van der Waals surface area contributed by atoms with Gasteiger partial charge in [-0.25, -0.2) is 4.98 Å². The highest BCUT2D eigenvalue weighted by atomic mass is 35.5. The Kier molecular flexibility index (Phi) is 4.46. The number of fused-ring (bicyclic) bond motifs is 2. The Morgan fingerprint density at radius 2 is 2.03 bits per heavy atom. The van der Waals surface area contributed by atoms with Crippen molar-refractivity contribution in [2.45, 2.75) is 30.8 Å². The fraction of sp³-hybridized carbons (Fsp3) is 0.333. The molecule has 1 amide bonds. The zero-order chi connectivity index (χ0) is 22.0. The van der Waals surface area contributed by atoms with Gasteiger partial charge < -0.3 is 19.6 Å². The summed E-state index contributed by atoms with van der Waals surface area (Å²) in [7, 11) is 0. The lowest BCUT2D eigenvalue weighted by Crippen LogP contribution is -2.33. The van der Waals surface area contributed by atoms with E-state index < -0.39 is 23.6 Å². The molecular formula is C21H17ClF3N3O3. The molecule has 2 N–H and O–H groups in total. The lowest BCUT2D eigenvalue weighted by molar-refractivity contribution is -0.274. The van der Waals surface area contributed by atoms with Crippen LogP contribution < -0.4 is 10.1 Å². The number of halogens is 4. The van der Waals surface area contributed by atoms with Crippen LogP contribution in [-0.2, 0) is 5.60 Å². The van der Waals surface area contributed by atoms with Crippen molar-refractivity contribution in [3.63, 3.8) is 0 Å². The van der Waals surface area contributed by atoms with E-state index in [1.54, 1.807) is 29.2 Å². The molecule has 0 saturated heterocycles. The van der Waals surface area contributed by atoms with Crippen molar-refractivity contribution in [1.82, 2.24) is 14.7 Å². The molecule has 2 unspecified atom stereocenters. The molecule has 5 rings (SSSR count). The van der Waals surface area contributed by atoms with Crippen LogP contribution in [0.4, 0.5) is 13.2 Å². The highest BCUT2D eigenvalue weighted by Gasteiger charge is 2.62. The highest BCUT2D eigenvalue weighted by Crippen LogP contribution is 2.60. The van der Waals surface area contributed by atoms with Gasteiger partial charge in [0.25, 0.3) is 5.91 Å². The van der Waals surface area contributed by atoms with Crippen molar-refractivity contribution >= 4 is 23.0 Å². The molecule has 2 aliphatic carbocycles. The fourth-order valence-electron chi connectivity index (χ4n) is 4.74. The minimum atomic E-state index is -4.83. The quantitative estimate of drug-likeness (QED) is 0.630. The number of rotatable bonds is 4. The van der Waals surface area contributed by atoms with Crippen LogP contribution in [0.3, 0.4) is 0 Å². The van der Waals surface area contributed by atoms with E-state index in [0.717, 1.165) is 17.6 Å². The number of hydrogen-bond acceptors (Lipinski definition) is 4. The van der Waals surface area contributed by atoms with Gasteiger partial charge in [0.15, 0.2) is 0 Å². The zero-order valence-corrected chi connectivity index (χ0v) is 16.7. The number of benzene rings is 1. The normalized spacial score (nSPS) is 27.2. The molecule has 10 heteroatoms. The number of aliphatic hydroxyl groups is 1. The summed E-state index contributed by atoms with van der Waals surface area (Å²) in [6.07, 6.45) is 1.06. The number of ether oxygens (including phenoxy) is 1. The fourth-order valence-corrected chi connectivity index (χ4v) is 4.95. The van der Waals surface area contributed by atoms with Crippen molar-refractivity contribution in [2.24, 2.45) is 11.8 Å². The third-order valence-corrected chi connectivity index (χ3v) is 6.30. The second-order valence-electron chi connectivity index (χ2n) is 8.10. The predicted octanol–water partition coefficient (Wildman–Crippen LogP) is 3.91. The number of alkyl halides is 3. The van der Waals surface area contributed by atoms with Crippen LogP contribution in [0.15, 0.2) is 49.1 Å². The maximum absolute atomic E-state index is 12.5. The lowest BCUT2D eigenvalue weighted by atomic mass is 9.88. The molecular weight excluding hydrogens is 435 g/mol. The summed E-state index contributed by atoms with van der Waals surface area (Å²) in [5.74, 6) is -0.774. The van der Waals surface area contributed by atoms with Gasteiger partial charge in [0.05, 0.1) is 28.7 Å². The smallest absolute Gasteiger partial charge is 0.406 e. The number of nitrogens with one attached hydrogen (secondary N) is 1. The second kappa shape index (κ2) is 6.86. The Labute approximate surface area is 179 Å². The molecule has 0 radical (unpaired) electrons. The molecule has 6 nitrogen and oxygen atoms in total. The van der Waals surface area contributed by atoms with Gasteiger partial charge in [0, 0.05) is 23.4 Å². The van der Waals surface area contributed by atoms with E-state index in [9.17, 15) is 23.1 Å². The molecule has 162 valence electrons. The van der Waals surface area contributed by atoms with Crippen LogP contribution in [0.5, 0.6) is 5.75 Å². The number of carbonyl (C=O) groups excluding carboxylic acids is 1. The van der Waals surface area contributed by atoms with Gasteiger partial charge in [0.2, 0.25) is 0 Å². The molecule has 2 aromatic heterocycles. The van der Waals surface area contributed by atoms with Gasteiger partial charge >= 0.3 is 6.36 Å². The number of aromatic nitrogens is 2. The Balaban J connectivity index is 1.27. The van der Waals surface area contributed by atoms with Crippen LogP contribution in [0.25, 0.3) is 5.52 Å². The maximum atomic E-state index is 12.5. The number of amides is 1. The average molecular weight is 452 g/mol. The molecule has 3 aromatic rings. The minimum absolute atomic E-state index is 0.0745. The van der Waals surface area contributed by atoms with Crippen LogP contribution in [-0.4, -0.2) is 32.8 Å². The Morgan fingerprint density at radius 3 is 2.74 bits per heavy atom. The number of imidazole rings is 1. The summed E-state index contributed by atoms with van der Waals surface area (Å²) in [5, 5.41) is 14.6. The van der Waals surface area contributed by atoms with E-state index in [2.05, 4.69) is 15.0 Å². The number of pyridine rings is 1. The Morgan fingerprint density at radius 1 is 1.29 bits per heavy atom. The number of hydrogen-bond donors (Lipinski definition) is 2. The second-order valence-corrected chi connectivity index (χ2v) is 8.54. The monoisotopic (exact) mass is 451 g/mol.